The molecule has 1 atom stereocenters. The molecule has 0 bridgehead atoms. The number of para-hydroxylation sites is 2. The van der Waals surface area contributed by atoms with Gasteiger partial charge in [-0.15, -0.1) is 0 Å². The van der Waals surface area contributed by atoms with Crippen molar-refractivity contribution in [1.29, 1.82) is 0 Å². The smallest absolute Gasteiger partial charge is 0.127 e. The van der Waals surface area contributed by atoms with E-state index in [0.29, 0.717) is 6.04 Å². The average molecular weight is 271 g/mol. The molecule has 0 radical (unpaired) electrons. The number of piperidine rings is 1. The molecular weight excluding hydrogens is 246 g/mol. The zero-order valence-corrected chi connectivity index (χ0v) is 12.8. The Kier molecular flexibility index (Phi) is 3.55. The molecule has 2 heterocycles. The van der Waals surface area contributed by atoms with E-state index in [9.17, 15) is 0 Å². The van der Waals surface area contributed by atoms with Crippen molar-refractivity contribution in [1.82, 2.24) is 14.9 Å². The van der Waals surface area contributed by atoms with Gasteiger partial charge in [-0.2, -0.15) is 0 Å². The SMILES string of the molecule is CCCn1c(C2NCCCC2(C)C)nc2ccccc21. The number of rotatable bonds is 3. The summed E-state index contributed by atoms with van der Waals surface area (Å²) in [6, 6.07) is 8.86. The van der Waals surface area contributed by atoms with Crippen LogP contribution < -0.4 is 5.32 Å². The Morgan fingerprint density at radius 1 is 1.35 bits per heavy atom. The van der Waals surface area contributed by atoms with Crippen LogP contribution in [0.25, 0.3) is 11.0 Å². The average Bonchev–Trinajstić information content (AvgIpc) is 2.78. The molecule has 1 aliphatic rings. The van der Waals surface area contributed by atoms with Gasteiger partial charge in [0.05, 0.1) is 17.1 Å². The molecule has 1 aliphatic heterocycles. The Labute approximate surface area is 121 Å². The van der Waals surface area contributed by atoms with E-state index in [1.54, 1.807) is 0 Å². The molecule has 1 aromatic carbocycles. The monoisotopic (exact) mass is 271 g/mol. The third kappa shape index (κ3) is 2.24. The maximum atomic E-state index is 4.95. The minimum Gasteiger partial charge on any atom is -0.327 e. The second-order valence-electron chi connectivity index (χ2n) is 6.59. The number of hydrogen-bond donors (Lipinski definition) is 1. The van der Waals surface area contributed by atoms with Crippen molar-refractivity contribution < 1.29 is 0 Å². The molecule has 0 aliphatic carbocycles. The first kappa shape index (κ1) is 13.6. The number of aryl methyl sites for hydroxylation is 1. The van der Waals surface area contributed by atoms with Crippen molar-refractivity contribution in [2.45, 2.75) is 52.6 Å². The summed E-state index contributed by atoms with van der Waals surface area (Å²) in [6.45, 7) is 9.10. The van der Waals surface area contributed by atoms with Crippen LogP contribution in [0, 0.1) is 5.41 Å². The lowest BCUT2D eigenvalue weighted by molar-refractivity contribution is 0.171. The summed E-state index contributed by atoms with van der Waals surface area (Å²) in [5, 5.41) is 3.70. The number of nitrogens with zero attached hydrogens (tertiary/aromatic N) is 2. The molecule has 3 heteroatoms. The molecule has 2 aromatic rings. The third-order valence-electron chi connectivity index (χ3n) is 4.52. The molecule has 1 N–H and O–H groups in total. The number of hydrogen-bond acceptors (Lipinski definition) is 2. The van der Waals surface area contributed by atoms with Crippen LogP contribution in [0.1, 0.15) is 51.9 Å². The molecule has 0 spiro atoms. The summed E-state index contributed by atoms with van der Waals surface area (Å²) in [4.78, 5) is 4.95. The Balaban J connectivity index is 2.12. The Hall–Kier alpha value is -1.35. The molecule has 1 saturated heterocycles. The first-order valence-corrected chi connectivity index (χ1v) is 7.82. The minimum absolute atomic E-state index is 0.269. The van der Waals surface area contributed by atoms with Gasteiger partial charge in [0.15, 0.2) is 0 Å². The fourth-order valence-electron chi connectivity index (χ4n) is 3.42. The van der Waals surface area contributed by atoms with Crippen molar-refractivity contribution in [2.75, 3.05) is 6.54 Å². The first-order chi connectivity index (χ1) is 9.63. The van der Waals surface area contributed by atoms with Gasteiger partial charge >= 0.3 is 0 Å². The lowest BCUT2D eigenvalue weighted by Gasteiger charge is -2.39. The van der Waals surface area contributed by atoms with Crippen molar-refractivity contribution >= 4 is 11.0 Å². The molecule has 1 fully saturated rings. The lowest BCUT2D eigenvalue weighted by atomic mass is 9.77. The van der Waals surface area contributed by atoms with Crippen molar-refractivity contribution in [3.63, 3.8) is 0 Å². The van der Waals surface area contributed by atoms with Gasteiger partial charge in [0, 0.05) is 6.54 Å². The summed E-state index contributed by atoms with van der Waals surface area (Å²) < 4.78 is 2.42. The van der Waals surface area contributed by atoms with E-state index in [1.165, 1.54) is 24.2 Å². The van der Waals surface area contributed by atoms with Gasteiger partial charge in [0.1, 0.15) is 5.82 Å². The van der Waals surface area contributed by atoms with Gasteiger partial charge in [-0.25, -0.2) is 4.98 Å². The predicted molar refractivity (Wildman–Crippen MR) is 83.8 cm³/mol. The number of imidazole rings is 1. The van der Waals surface area contributed by atoms with Crippen LogP contribution in [0.4, 0.5) is 0 Å². The van der Waals surface area contributed by atoms with Gasteiger partial charge < -0.3 is 9.88 Å². The standard InChI is InChI=1S/C17H25N3/c1-4-12-20-14-9-6-5-8-13(14)19-16(20)15-17(2,3)10-7-11-18-15/h5-6,8-9,15,18H,4,7,10-12H2,1-3H3. The molecule has 3 rings (SSSR count). The van der Waals surface area contributed by atoms with E-state index >= 15 is 0 Å². The third-order valence-corrected chi connectivity index (χ3v) is 4.52. The van der Waals surface area contributed by atoms with Crippen LogP contribution in [-0.4, -0.2) is 16.1 Å². The van der Waals surface area contributed by atoms with Crippen LogP contribution in [0.15, 0.2) is 24.3 Å². The van der Waals surface area contributed by atoms with Crippen molar-refractivity contribution in [3.05, 3.63) is 30.1 Å². The second kappa shape index (κ2) is 5.21. The molecule has 20 heavy (non-hydrogen) atoms. The van der Waals surface area contributed by atoms with E-state index in [2.05, 4.69) is 54.9 Å². The van der Waals surface area contributed by atoms with Crippen molar-refractivity contribution in [3.8, 4) is 0 Å². The first-order valence-electron chi connectivity index (χ1n) is 7.82. The zero-order chi connectivity index (χ0) is 14.2. The van der Waals surface area contributed by atoms with Gasteiger partial charge in [-0.1, -0.05) is 32.9 Å². The Bertz CT molecular complexity index is 597. The van der Waals surface area contributed by atoms with Crippen molar-refractivity contribution in [2.24, 2.45) is 5.41 Å². The predicted octanol–water partition coefficient (Wildman–Crippen LogP) is 3.90. The van der Waals surface area contributed by atoms with Crippen LogP contribution in [0.5, 0.6) is 0 Å². The number of nitrogens with one attached hydrogen (secondary N) is 1. The van der Waals surface area contributed by atoms with E-state index < -0.39 is 0 Å². The molecule has 0 saturated carbocycles. The largest absolute Gasteiger partial charge is 0.327 e. The summed E-state index contributed by atoms with van der Waals surface area (Å²) >= 11 is 0. The van der Waals surface area contributed by atoms with Gasteiger partial charge in [0.2, 0.25) is 0 Å². The topological polar surface area (TPSA) is 29.9 Å². The van der Waals surface area contributed by atoms with Crippen LogP contribution >= 0.6 is 0 Å². The van der Waals surface area contributed by atoms with Crippen LogP contribution in [-0.2, 0) is 6.54 Å². The van der Waals surface area contributed by atoms with E-state index in [4.69, 9.17) is 4.98 Å². The van der Waals surface area contributed by atoms with E-state index in [-0.39, 0.29) is 5.41 Å². The quantitative estimate of drug-likeness (QED) is 0.917. The van der Waals surface area contributed by atoms with Crippen LogP contribution in [0.3, 0.4) is 0 Å². The molecule has 1 aromatic heterocycles. The summed E-state index contributed by atoms with van der Waals surface area (Å²) in [6.07, 6.45) is 3.66. The minimum atomic E-state index is 0.269. The number of aromatic nitrogens is 2. The van der Waals surface area contributed by atoms with Gasteiger partial charge in [-0.05, 0) is 43.4 Å². The molecule has 0 amide bonds. The summed E-state index contributed by atoms with van der Waals surface area (Å²) in [5.74, 6) is 1.22. The highest BCUT2D eigenvalue weighted by Gasteiger charge is 2.36. The summed E-state index contributed by atoms with van der Waals surface area (Å²) in [5.41, 5.74) is 2.66. The fraction of sp³-hybridized carbons (Fsp3) is 0.588. The summed E-state index contributed by atoms with van der Waals surface area (Å²) in [7, 11) is 0. The van der Waals surface area contributed by atoms with E-state index in [0.717, 1.165) is 25.0 Å². The zero-order valence-electron chi connectivity index (χ0n) is 12.8. The Morgan fingerprint density at radius 2 is 2.15 bits per heavy atom. The Morgan fingerprint density at radius 3 is 2.90 bits per heavy atom. The normalized spacial score (nSPS) is 22.2. The maximum absolute atomic E-state index is 4.95. The number of fused-ring (bicyclic) bond motifs is 1. The molecule has 108 valence electrons. The molecule has 3 nitrogen and oxygen atoms in total. The molecular formula is C17H25N3. The van der Waals surface area contributed by atoms with Crippen LogP contribution in [0.2, 0.25) is 0 Å². The van der Waals surface area contributed by atoms with E-state index in [1.807, 2.05) is 0 Å². The lowest BCUT2D eigenvalue weighted by Crippen LogP contribution is -2.41. The van der Waals surface area contributed by atoms with Gasteiger partial charge in [0.25, 0.3) is 0 Å². The highest BCUT2D eigenvalue weighted by molar-refractivity contribution is 5.76. The number of benzene rings is 1. The highest BCUT2D eigenvalue weighted by atomic mass is 15.1. The fourth-order valence-corrected chi connectivity index (χ4v) is 3.42. The highest BCUT2D eigenvalue weighted by Crippen LogP contribution is 2.40. The molecule has 1 unspecified atom stereocenters. The van der Waals surface area contributed by atoms with Gasteiger partial charge in [-0.3, -0.25) is 0 Å². The maximum Gasteiger partial charge on any atom is 0.127 e. The second-order valence-corrected chi connectivity index (χ2v) is 6.59.